The van der Waals surface area contributed by atoms with Crippen LogP contribution in [0.25, 0.3) is 0 Å². The smallest absolute Gasteiger partial charge is 0.287 e. The van der Waals surface area contributed by atoms with Crippen LogP contribution in [0.1, 0.15) is 49.1 Å². The minimum absolute atomic E-state index is 0.0902. The van der Waals surface area contributed by atoms with Gasteiger partial charge in [-0.25, -0.2) is 0 Å². The van der Waals surface area contributed by atoms with Gasteiger partial charge in [0, 0.05) is 13.1 Å². The Morgan fingerprint density at radius 3 is 2.45 bits per heavy atom. The average molecular weight is 276 g/mol. The van der Waals surface area contributed by atoms with Crippen LogP contribution >= 0.6 is 0 Å². The van der Waals surface area contributed by atoms with E-state index in [-0.39, 0.29) is 17.6 Å². The number of hydrogen-bond donors (Lipinski definition) is 1. The van der Waals surface area contributed by atoms with Gasteiger partial charge in [-0.15, -0.1) is 0 Å². The Labute approximate surface area is 118 Å². The molecule has 0 atom stereocenters. The van der Waals surface area contributed by atoms with Crippen LogP contribution in [0.4, 0.5) is 0 Å². The molecule has 5 nitrogen and oxygen atoms in total. The summed E-state index contributed by atoms with van der Waals surface area (Å²) in [5.41, 5.74) is -0.714. The summed E-state index contributed by atoms with van der Waals surface area (Å²) in [4.78, 5) is 26.9. The number of hydrogen-bond acceptors (Lipinski definition) is 3. The summed E-state index contributed by atoms with van der Waals surface area (Å²) < 4.78 is 5.12. The monoisotopic (exact) mass is 276 g/mol. The number of carbonyl (C=O) groups excluding carboxylic acids is 2. The van der Waals surface area contributed by atoms with Gasteiger partial charge in [0.2, 0.25) is 5.91 Å². The Balaban J connectivity index is 1.77. The maximum Gasteiger partial charge on any atom is 0.287 e. The lowest BCUT2D eigenvalue weighted by atomic mass is 9.95. The number of nitrogens with zero attached hydrogens (tertiary/aromatic N) is 1. The van der Waals surface area contributed by atoms with Gasteiger partial charge in [0.25, 0.3) is 5.91 Å². The van der Waals surface area contributed by atoms with Gasteiger partial charge in [-0.2, -0.15) is 0 Å². The van der Waals surface area contributed by atoms with E-state index in [1.54, 1.807) is 12.1 Å². The van der Waals surface area contributed by atoms with E-state index in [1.165, 1.54) is 6.26 Å². The first-order valence-corrected chi connectivity index (χ1v) is 7.37. The number of rotatable bonds is 3. The molecule has 0 unspecified atom stereocenters. The first-order chi connectivity index (χ1) is 9.71. The molecule has 1 saturated heterocycles. The van der Waals surface area contributed by atoms with Crippen LogP contribution in [0.5, 0.6) is 0 Å². The first kappa shape index (κ1) is 13.2. The molecular weight excluding hydrogens is 256 g/mol. The van der Waals surface area contributed by atoms with Crippen molar-refractivity contribution < 1.29 is 14.0 Å². The highest BCUT2D eigenvalue weighted by atomic mass is 16.3. The van der Waals surface area contributed by atoms with Gasteiger partial charge in [-0.3, -0.25) is 9.59 Å². The lowest BCUT2D eigenvalue weighted by Gasteiger charge is -2.32. The van der Waals surface area contributed by atoms with Crippen molar-refractivity contribution in [2.45, 2.75) is 44.1 Å². The predicted octanol–water partition coefficient (Wildman–Crippen LogP) is 1.94. The molecule has 1 aromatic heterocycles. The van der Waals surface area contributed by atoms with E-state index in [0.29, 0.717) is 0 Å². The van der Waals surface area contributed by atoms with E-state index >= 15 is 0 Å². The summed E-state index contributed by atoms with van der Waals surface area (Å²) in [6, 6.07) is 3.30. The molecule has 20 heavy (non-hydrogen) atoms. The second kappa shape index (κ2) is 5.31. The second-order valence-electron chi connectivity index (χ2n) is 5.72. The van der Waals surface area contributed by atoms with Crippen LogP contribution in [0.3, 0.4) is 0 Å². The van der Waals surface area contributed by atoms with Gasteiger partial charge in [0.1, 0.15) is 5.54 Å². The molecule has 0 bridgehead atoms. The Kier molecular flexibility index (Phi) is 3.51. The van der Waals surface area contributed by atoms with Crippen molar-refractivity contribution in [3.8, 4) is 0 Å². The number of nitrogens with one attached hydrogen (secondary N) is 1. The summed E-state index contributed by atoms with van der Waals surface area (Å²) in [6.07, 6.45) is 7.03. The quantitative estimate of drug-likeness (QED) is 0.917. The summed E-state index contributed by atoms with van der Waals surface area (Å²) in [5.74, 6) is 0.0716. The van der Waals surface area contributed by atoms with Crippen molar-refractivity contribution in [1.29, 1.82) is 0 Å². The number of likely N-dealkylation sites (tertiary alicyclic amines) is 1. The predicted molar refractivity (Wildman–Crippen MR) is 73.2 cm³/mol. The van der Waals surface area contributed by atoms with Crippen LogP contribution in [0.2, 0.25) is 0 Å². The van der Waals surface area contributed by atoms with Gasteiger partial charge in [-0.05, 0) is 37.8 Å². The fourth-order valence-corrected chi connectivity index (χ4v) is 3.28. The van der Waals surface area contributed by atoms with E-state index < -0.39 is 5.54 Å². The minimum Gasteiger partial charge on any atom is -0.459 e. The third-order valence-electron chi connectivity index (χ3n) is 4.36. The third kappa shape index (κ3) is 2.32. The van der Waals surface area contributed by atoms with Gasteiger partial charge >= 0.3 is 0 Å². The first-order valence-electron chi connectivity index (χ1n) is 7.37. The van der Waals surface area contributed by atoms with Crippen LogP contribution in [0.15, 0.2) is 22.8 Å². The van der Waals surface area contributed by atoms with Gasteiger partial charge in [0.15, 0.2) is 5.76 Å². The standard InChI is InChI=1S/C15H20N2O3/c18-13(12-6-5-11-20-12)16-15(7-1-2-8-15)14(19)17-9-3-4-10-17/h5-6,11H,1-4,7-10H2,(H,16,18). The highest BCUT2D eigenvalue weighted by Crippen LogP contribution is 2.33. The Morgan fingerprint density at radius 1 is 1.15 bits per heavy atom. The van der Waals surface area contributed by atoms with Gasteiger partial charge < -0.3 is 14.6 Å². The zero-order chi connectivity index (χ0) is 14.0. The van der Waals surface area contributed by atoms with Crippen LogP contribution in [0, 0.1) is 0 Å². The van der Waals surface area contributed by atoms with E-state index in [1.807, 2.05) is 4.90 Å². The zero-order valence-corrected chi connectivity index (χ0v) is 11.6. The molecule has 1 N–H and O–H groups in total. The van der Waals surface area contributed by atoms with Gasteiger partial charge in [0.05, 0.1) is 6.26 Å². The summed E-state index contributed by atoms with van der Waals surface area (Å²) in [7, 11) is 0. The molecule has 0 aromatic carbocycles. The fourth-order valence-electron chi connectivity index (χ4n) is 3.28. The molecule has 1 saturated carbocycles. The van der Waals surface area contributed by atoms with Crippen molar-refractivity contribution in [3.63, 3.8) is 0 Å². The van der Waals surface area contributed by atoms with Crippen LogP contribution < -0.4 is 5.32 Å². The molecular formula is C15H20N2O3. The second-order valence-corrected chi connectivity index (χ2v) is 5.72. The molecule has 1 aliphatic heterocycles. The maximum atomic E-state index is 12.8. The van der Waals surface area contributed by atoms with Crippen molar-refractivity contribution in [2.24, 2.45) is 0 Å². The Hall–Kier alpha value is -1.78. The molecule has 2 amide bonds. The van der Waals surface area contributed by atoms with Crippen molar-refractivity contribution in [3.05, 3.63) is 24.2 Å². The fraction of sp³-hybridized carbons (Fsp3) is 0.600. The lowest BCUT2D eigenvalue weighted by Crippen LogP contribution is -2.57. The van der Waals surface area contributed by atoms with Crippen molar-refractivity contribution in [1.82, 2.24) is 10.2 Å². The molecule has 2 heterocycles. The van der Waals surface area contributed by atoms with Crippen LogP contribution in [-0.2, 0) is 4.79 Å². The summed E-state index contributed by atoms with van der Waals surface area (Å²) >= 11 is 0. The topological polar surface area (TPSA) is 62.6 Å². The average Bonchev–Trinajstić information content (AvgIpc) is 3.20. The molecule has 2 fully saturated rings. The number of furan rings is 1. The molecule has 2 aliphatic rings. The maximum absolute atomic E-state index is 12.8. The Morgan fingerprint density at radius 2 is 1.85 bits per heavy atom. The number of amides is 2. The van der Waals surface area contributed by atoms with E-state index in [4.69, 9.17) is 4.42 Å². The highest BCUT2D eigenvalue weighted by molar-refractivity contribution is 5.97. The molecule has 5 heteroatoms. The molecule has 0 radical (unpaired) electrons. The molecule has 0 spiro atoms. The molecule has 3 rings (SSSR count). The van der Waals surface area contributed by atoms with Crippen molar-refractivity contribution in [2.75, 3.05) is 13.1 Å². The SMILES string of the molecule is O=C(NC1(C(=O)N2CCCC2)CCCC1)c1ccco1. The molecule has 108 valence electrons. The highest BCUT2D eigenvalue weighted by Gasteiger charge is 2.45. The van der Waals surface area contributed by atoms with Gasteiger partial charge in [-0.1, -0.05) is 12.8 Å². The van der Waals surface area contributed by atoms with E-state index in [2.05, 4.69) is 5.32 Å². The summed E-state index contributed by atoms with van der Waals surface area (Å²) in [6.45, 7) is 1.63. The summed E-state index contributed by atoms with van der Waals surface area (Å²) in [5, 5.41) is 2.95. The normalized spacial score (nSPS) is 21.1. The van der Waals surface area contributed by atoms with E-state index in [0.717, 1.165) is 51.6 Å². The molecule has 1 aromatic rings. The van der Waals surface area contributed by atoms with E-state index in [9.17, 15) is 9.59 Å². The number of carbonyl (C=O) groups is 2. The largest absolute Gasteiger partial charge is 0.459 e. The van der Waals surface area contributed by atoms with Crippen LogP contribution in [-0.4, -0.2) is 35.3 Å². The minimum atomic E-state index is -0.714. The zero-order valence-electron chi connectivity index (χ0n) is 11.6. The molecule has 1 aliphatic carbocycles. The Bertz CT molecular complexity index is 483. The third-order valence-corrected chi connectivity index (χ3v) is 4.36. The lowest BCUT2D eigenvalue weighted by molar-refractivity contribution is -0.136. The van der Waals surface area contributed by atoms with Crippen molar-refractivity contribution >= 4 is 11.8 Å².